The van der Waals surface area contributed by atoms with Gasteiger partial charge in [-0.25, -0.2) is 5.14 Å². The first-order chi connectivity index (χ1) is 6.40. The van der Waals surface area contributed by atoms with Gasteiger partial charge in [-0.15, -0.1) is 0 Å². The lowest BCUT2D eigenvalue weighted by Gasteiger charge is -2.08. The molecule has 0 aliphatic carbocycles. The van der Waals surface area contributed by atoms with Gasteiger partial charge in [-0.2, -0.15) is 8.42 Å². The molecule has 0 aliphatic heterocycles. The molecule has 5 heteroatoms. The average Bonchev–Trinajstić information content (AvgIpc) is 2.01. The molecule has 1 rings (SSSR count). The Balaban J connectivity index is 2.87. The largest absolute Gasteiger partial charge is 0.333 e. The number of hydrogen-bond donors (Lipinski definition) is 1. The summed E-state index contributed by atoms with van der Waals surface area (Å²) in [4.78, 5) is 0. The van der Waals surface area contributed by atoms with Crippen LogP contribution in [0.4, 0.5) is 0 Å². The molecule has 0 saturated carbocycles. The fraction of sp³-hybridized carbons (Fsp3) is 0.333. The Kier molecular flexibility index (Phi) is 3.25. The summed E-state index contributed by atoms with van der Waals surface area (Å²) in [6.45, 7) is 3.79. The zero-order valence-electron chi connectivity index (χ0n) is 8.15. The minimum Gasteiger partial charge on any atom is -0.253 e. The molecule has 0 unspecified atom stereocenters. The van der Waals surface area contributed by atoms with Crippen LogP contribution in [0.15, 0.2) is 18.2 Å². The maximum atomic E-state index is 10.6. The van der Waals surface area contributed by atoms with E-state index in [1.165, 1.54) is 0 Å². The molecule has 0 amide bonds. The average molecular weight is 215 g/mol. The lowest BCUT2D eigenvalue weighted by Crippen LogP contribution is -2.16. The monoisotopic (exact) mass is 215 g/mol. The van der Waals surface area contributed by atoms with Crippen LogP contribution in [0, 0.1) is 13.8 Å². The van der Waals surface area contributed by atoms with E-state index in [1.54, 1.807) is 0 Å². The van der Waals surface area contributed by atoms with Gasteiger partial charge in [-0.3, -0.25) is 4.18 Å². The Morgan fingerprint density at radius 1 is 1.29 bits per heavy atom. The fourth-order valence-electron chi connectivity index (χ4n) is 1.22. The Hall–Kier alpha value is -0.910. The number of benzene rings is 1. The quantitative estimate of drug-likeness (QED) is 0.818. The summed E-state index contributed by atoms with van der Waals surface area (Å²) in [6, 6.07) is 5.70. The molecular formula is C9H13NO3S. The molecule has 14 heavy (non-hydrogen) atoms. The van der Waals surface area contributed by atoms with Crippen LogP contribution in [0.1, 0.15) is 16.7 Å². The summed E-state index contributed by atoms with van der Waals surface area (Å²) in [5.74, 6) is 0. The van der Waals surface area contributed by atoms with Crippen LogP contribution in [0.3, 0.4) is 0 Å². The minimum absolute atomic E-state index is 0.00264. The van der Waals surface area contributed by atoms with Crippen LogP contribution in [0.2, 0.25) is 0 Å². The second kappa shape index (κ2) is 4.08. The first kappa shape index (κ1) is 11.2. The second-order valence-electron chi connectivity index (χ2n) is 3.13. The molecule has 1 aromatic carbocycles. The standard InChI is InChI=1S/C9H13NO3S/c1-7-4-3-5-8(2)9(7)6-13-14(10,11)12/h3-5H,6H2,1-2H3,(H2,10,11,12). The third-order valence-electron chi connectivity index (χ3n) is 2.01. The van der Waals surface area contributed by atoms with Gasteiger partial charge < -0.3 is 0 Å². The minimum atomic E-state index is -3.86. The van der Waals surface area contributed by atoms with E-state index in [9.17, 15) is 8.42 Å². The van der Waals surface area contributed by atoms with E-state index in [0.717, 1.165) is 16.7 Å². The van der Waals surface area contributed by atoms with Crippen molar-refractivity contribution < 1.29 is 12.6 Å². The van der Waals surface area contributed by atoms with E-state index in [4.69, 9.17) is 5.14 Å². The highest BCUT2D eigenvalue weighted by Crippen LogP contribution is 2.14. The van der Waals surface area contributed by atoms with Crippen molar-refractivity contribution in [3.8, 4) is 0 Å². The number of nitrogens with two attached hydrogens (primary N) is 1. The van der Waals surface area contributed by atoms with Crippen molar-refractivity contribution in [2.45, 2.75) is 20.5 Å². The summed E-state index contributed by atoms with van der Waals surface area (Å²) in [7, 11) is -3.86. The molecule has 0 aromatic heterocycles. The summed E-state index contributed by atoms with van der Waals surface area (Å²) in [6.07, 6.45) is 0. The van der Waals surface area contributed by atoms with Gasteiger partial charge in [0.2, 0.25) is 0 Å². The molecule has 0 saturated heterocycles. The predicted octanol–water partition coefficient (Wildman–Crippen LogP) is 1.02. The van der Waals surface area contributed by atoms with Crippen molar-refractivity contribution in [1.82, 2.24) is 0 Å². The molecular weight excluding hydrogens is 202 g/mol. The topological polar surface area (TPSA) is 69.4 Å². The zero-order chi connectivity index (χ0) is 10.8. The van der Waals surface area contributed by atoms with Crippen LogP contribution in [-0.2, 0) is 21.1 Å². The van der Waals surface area contributed by atoms with Gasteiger partial charge in [0.05, 0.1) is 6.61 Å². The van der Waals surface area contributed by atoms with Gasteiger partial charge in [0, 0.05) is 0 Å². The SMILES string of the molecule is Cc1cccc(C)c1COS(N)(=O)=O. The molecule has 0 heterocycles. The first-order valence-corrected chi connectivity index (χ1v) is 5.59. The fourth-order valence-corrected chi connectivity index (χ4v) is 1.50. The van der Waals surface area contributed by atoms with E-state index >= 15 is 0 Å². The number of hydrogen-bond acceptors (Lipinski definition) is 3. The third kappa shape index (κ3) is 3.10. The van der Waals surface area contributed by atoms with Crippen molar-refractivity contribution in [2.24, 2.45) is 5.14 Å². The highest BCUT2D eigenvalue weighted by atomic mass is 32.2. The lowest BCUT2D eigenvalue weighted by atomic mass is 10.0. The molecule has 78 valence electrons. The highest BCUT2D eigenvalue weighted by molar-refractivity contribution is 7.84. The summed E-state index contributed by atoms with van der Waals surface area (Å²) in [5.41, 5.74) is 2.85. The molecule has 0 bridgehead atoms. The Bertz CT molecular complexity index is 405. The van der Waals surface area contributed by atoms with Gasteiger partial charge in [-0.05, 0) is 30.5 Å². The molecule has 0 radical (unpaired) electrons. The van der Waals surface area contributed by atoms with Crippen LogP contribution >= 0.6 is 0 Å². The van der Waals surface area contributed by atoms with Gasteiger partial charge in [0.15, 0.2) is 0 Å². The molecule has 0 aliphatic rings. The smallest absolute Gasteiger partial charge is 0.253 e. The van der Waals surface area contributed by atoms with E-state index < -0.39 is 10.3 Å². The molecule has 0 spiro atoms. The molecule has 4 nitrogen and oxygen atoms in total. The van der Waals surface area contributed by atoms with Gasteiger partial charge >= 0.3 is 10.3 Å². The van der Waals surface area contributed by atoms with Crippen molar-refractivity contribution in [1.29, 1.82) is 0 Å². The Morgan fingerprint density at radius 3 is 2.21 bits per heavy atom. The van der Waals surface area contributed by atoms with Crippen molar-refractivity contribution in [2.75, 3.05) is 0 Å². The molecule has 0 fully saturated rings. The van der Waals surface area contributed by atoms with Crippen LogP contribution in [-0.4, -0.2) is 8.42 Å². The predicted molar refractivity (Wildman–Crippen MR) is 53.8 cm³/mol. The van der Waals surface area contributed by atoms with Crippen LogP contribution in [0.25, 0.3) is 0 Å². The van der Waals surface area contributed by atoms with Crippen LogP contribution < -0.4 is 5.14 Å². The first-order valence-electron chi connectivity index (χ1n) is 4.12. The van der Waals surface area contributed by atoms with Gasteiger partial charge in [0.1, 0.15) is 0 Å². The summed E-state index contributed by atoms with van der Waals surface area (Å²) >= 11 is 0. The second-order valence-corrected chi connectivity index (χ2v) is 4.35. The number of rotatable bonds is 3. The molecule has 2 N–H and O–H groups in total. The van der Waals surface area contributed by atoms with Crippen LogP contribution in [0.5, 0.6) is 0 Å². The normalized spacial score (nSPS) is 11.6. The van der Waals surface area contributed by atoms with Gasteiger partial charge in [0.25, 0.3) is 0 Å². The Labute approximate surface area is 83.9 Å². The Morgan fingerprint density at radius 2 is 1.79 bits per heavy atom. The summed E-state index contributed by atoms with van der Waals surface area (Å²) < 4.78 is 25.7. The maximum absolute atomic E-state index is 10.6. The molecule has 0 atom stereocenters. The lowest BCUT2D eigenvalue weighted by molar-refractivity contribution is 0.307. The third-order valence-corrected chi connectivity index (χ3v) is 2.46. The van der Waals surface area contributed by atoms with E-state index in [0.29, 0.717) is 0 Å². The van der Waals surface area contributed by atoms with E-state index in [1.807, 2.05) is 32.0 Å². The van der Waals surface area contributed by atoms with Crippen molar-refractivity contribution in [3.05, 3.63) is 34.9 Å². The maximum Gasteiger partial charge on any atom is 0.333 e. The van der Waals surface area contributed by atoms with E-state index in [-0.39, 0.29) is 6.61 Å². The summed E-state index contributed by atoms with van der Waals surface area (Å²) in [5, 5.41) is 4.73. The number of aryl methyl sites for hydroxylation is 2. The van der Waals surface area contributed by atoms with E-state index in [2.05, 4.69) is 4.18 Å². The zero-order valence-corrected chi connectivity index (χ0v) is 8.97. The highest BCUT2D eigenvalue weighted by Gasteiger charge is 2.07. The van der Waals surface area contributed by atoms with Crippen molar-refractivity contribution >= 4 is 10.3 Å². The van der Waals surface area contributed by atoms with Crippen molar-refractivity contribution in [3.63, 3.8) is 0 Å². The molecule has 1 aromatic rings. The van der Waals surface area contributed by atoms with Gasteiger partial charge in [-0.1, -0.05) is 18.2 Å².